The molecule has 0 saturated carbocycles. The van der Waals surface area contributed by atoms with Crippen LogP contribution in [0.5, 0.6) is 17.2 Å². The zero-order valence-electron chi connectivity index (χ0n) is 11.1. The van der Waals surface area contributed by atoms with Gasteiger partial charge in [-0.05, 0) is 22.0 Å². The number of ether oxygens (including phenoxy) is 5. The fraction of sp³-hybridized carbons (Fsp3) is 0.500. The van der Waals surface area contributed by atoms with E-state index in [0.717, 1.165) is 5.56 Å². The van der Waals surface area contributed by atoms with Gasteiger partial charge in [-0.25, -0.2) is 0 Å². The van der Waals surface area contributed by atoms with Crippen molar-refractivity contribution in [2.75, 3.05) is 35.5 Å². The summed E-state index contributed by atoms with van der Waals surface area (Å²) in [4.78, 5) is 0. The molecule has 18 heavy (non-hydrogen) atoms. The molecule has 0 spiro atoms. The molecule has 102 valence electrons. The van der Waals surface area contributed by atoms with E-state index in [-0.39, 0.29) is 0 Å². The minimum Gasteiger partial charge on any atom is -0.493 e. The molecule has 0 aliphatic rings. The van der Waals surface area contributed by atoms with Crippen molar-refractivity contribution in [1.29, 1.82) is 0 Å². The first-order chi connectivity index (χ1) is 8.64. The zero-order valence-corrected chi connectivity index (χ0v) is 12.7. The van der Waals surface area contributed by atoms with Gasteiger partial charge < -0.3 is 23.7 Å². The minimum absolute atomic E-state index is 0.515. The first-order valence-electron chi connectivity index (χ1n) is 5.18. The highest BCUT2D eigenvalue weighted by Gasteiger charge is 2.23. The Morgan fingerprint density at radius 3 is 1.83 bits per heavy atom. The van der Waals surface area contributed by atoms with Crippen molar-refractivity contribution in [3.05, 3.63) is 16.1 Å². The van der Waals surface area contributed by atoms with E-state index in [2.05, 4.69) is 15.9 Å². The monoisotopic (exact) mass is 320 g/mol. The normalized spacial score (nSPS) is 10.6. The lowest BCUT2D eigenvalue weighted by Crippen LogP contribution is -2.07. The van der Waals surface area contributed by atoms with E-state index in [9.17, 15) is 0 Å². The predicted octanol–water partition coefficient (Wildman–Crippen LogP) is 2.77. The fourth-order valence-electron chi connectivity index (χ4n) is 1.66. The molecule has 0 atom stereocenters. The van der Waals surface area contributed by atoms with E-state index >= 15 is 0 Å². The minimum atomic E-state index is -0.520. The molecule has 5 nitrogen and oxygen atoms in total. The maximum absolute atomic E-state index is 5.33. The van der Waals surface area contributed by atoms with Gasteiger partial charge in [-0.1, -0.05) is 0 Å². The van der Waals surface area contributed by atoms with Crippen LogP contribution in [0, 0.1) is 0 Å². The predicted molar refractivity (Wildman–Crippen MR) is 70.6 cm³/mol. The van der Waals surface area contributed by atoms with Crippen molar-refractivity contribution in [2.45, 2.75) is 6.29 Å². The van der Waals surface area contributed by atoms with Gasteiger partial charge in [-0.2, -0.15) is 0 Å². The highest BCUT2D eigenvalue weighted by Crippen LogP contribution is 2.46. The average Bonchev–Trinajstić information content (AvgIpc) is 2.40. The lowest BCUT2D eigenvalue weighted by atomic mass is 10.1. The number of benzene rings is 1. The Labute approximate surface area is 115 Å². The van der Waals surface area contributed by atoms with Gasteiger partial charge in [0.25, 0.3) is 0 Å². The van der Waals surface area contributed by atoms with E-state index in [4.69, 9.17) is 23.7 Å². The molecule has 0 amide bonds. The summed E-state index contributed by atoms with van der Waals surface area (Å²) >= 11 is 3.46. The van der Waals surface area contributed by atoms with E-state index < -0.39 is 6.29 Å². The molecule has 0 aliphatic heterocycles. The number of halogens is 1. The van der Waals surface area contributed by atoms with Gasteiger partial charge in [-0.15, -0.1) is 0 Å². The third kappa shape index (κ3) is 2.71. The van der Waals surface area contributed by atoms with E-state index in [0.29, 0.717) is 21.7 Å². The molecule has 0 saturated heterocycles. The van der Waals surface area contributed by atoms with Crippen molar-refractivity contribution >= 4 is 15.9 Å². The lowest BCUT2D eigenvalue weighted by molar-refractivity contribution is -0.106. The van der Waals surface area contributed by atoms with Gasteiger partial charge in [0, 0.05) is 19.8 Å². The Morgan fingerprint density at radius 1 is 0.889 bits per heavy atom. The third-order valence-electron chi connectivity index (χ3n) is 2.48. The smallest absolute Gasteiger partial charge is 0.204 e. The van der Waals surface area contributed by atoms with Crippen LogP contribution in [0.15, 0.2) is 10.5 Å². The van der Waals surface area contributed by atoms with Crippen LogP contribution >= 0.6 is 15.9 Å². The highest BCUT2D eigenvalue weighted by molar-refractivity contribution is 9.10. The summed E-state index contributed by atoms with van der Waals surface area (Å²) in [6.45, 7) is 0. The molecule has 1 aromatic rings. The molecule has 0 bridgehead atoms. The van der Waals surface area contributed by atoms with Gasteiger partial charge in [0.15, 0.2) is 17.8 Å². The Balaban J connectivity index is 3.45. The largest absolute Gasteiger partial charge is 0.493 e. The summed E-state index contributed by atoms with van der Waals surface area (Å²) < 4.78 is 27.1. The molecule has 0 radical (unpaired) electrons. The molecular weight excluding hydrogens is 304 g/mol. The molecule has 0 N–H and O–H groups in total. The highest BCUT2D eigenvalue weighted by atomic mass is 79.9. The maximum Gasteiger partial charge on any atom is 0.204 e. The van der Waals surface area contributed by atoms with Crippen molar-refractivity contribution < 1.29 is 23.7 Å². The first-order valence-corrected chi connectivity index (χ1v) is 5.97. The lowest BCUT2D eigenvalue weighted by Gasteiger charge is -2.20. The van der Waals surface area contributed by atoms with Crippen LogP contribution in [0.25, 0.3) is 0 Å². The van der Waals surface area contributed by atoms with Crippen LogP contribution < -0.4 is 14.2 Å². The Morgan fingerprint density at radius 2 is 1.44 bits per heavy atom. The summed E-state index contributed by atoms with van der Waals surface area (Å²) in [7, 11) is 7.79. The second-order valence-corrected chi connectivity index (χ2v) is 4.14. The maximum atomic E-state index is 5.33. The van der Waals surface area contributed by atoms with Gasteiger partial charge >= 0.3 is 0 Å². The standard InChI is InChI=1S/C12H17BrO5/c1-14-8-6-7(12(17-4)18-5)9(13)11(16-3)10(8)15-2/h6,12H,1-5H3. The van der Waals surface area contributed by atoms with Gasteiger partial charge in [0.1, 0.15) is 0 Å². The Kier molecular flexibility index (Phi) is 5.71. The molecule has 0 aliphatic carbocycles. The molecule has 0 heterocycles. The second-order valence-electron chi connectivity index (χ2n) is 3.35. The fourth-order valence-corrected chi connectivity index (χ4v) is 2.30. The topological polar surface area (TPSA) is 46.2 Å². The van der Waals surface area contributed by atoms with Crippen molar-refractivity contribution in [3.8, 4) is 17.2 Å². The van der Waals surface area contributed by atoms with Crippen LogP contribution in [-0.4, -0.2) is 35.5 Å². The van der Waals surface area contributed by atoms with Crippen molar-refractivity contribution in [1.82, 2.24) is 0 Å². The second kappa shape index (κ2) is 6.82. The van der Waals surface area contributed by atoms with Crippen LogP contribution in [-0.2, 0) is 9.47 Å². The van der Waals surface area contributed by atoms with E-state index in [1.165, 1.54) is 0 Å². The molecule has 6 heteroatoms. The number of methoxy groups -OCH3 is 5. The Hall–Kier alpha value is -0.980. The summed E-state index contributed by atoms with van der Waals surface area (Å²) in [5.74, 6) is 1.60. The quantitative estimate of drug-likeness (QED) is 0.754. The van der Waals surface area contributed by atoms with Gasteiger partial charge in [-0.3, -0.25) is 0 Å². The summed E-state index contributed by atoms with van der Waals surface area (Å²) in [6.07, 6.45) is -0.520. The summed E-state index contributed by atoms with van der Waals surface area (Å²) in [5.41, 5.74) is 0.759. The van der Waals surface area contributed by atoms with E-state index in [1.54, 1.807) is 41.6 Å². The number of hydrogen-bond acceptors (Lipinski definition) is 5. The van der Waals surface area contributed by atoms with Crippen LogP contribution in [0.1, 0.15) is 11.9 Å². The molecule has 0 aromatic heterocycles. The van der Waals surface area contributed by atoms with Gasteiger partial charge in [0.2, 0.25) is 5.75 Å². The molecule has 1 rings (SSSR count). The molecular formula is C12H17BrO5. The van der Waals surface area contributed by atoms with E-state index in [1.807, 2.05) is 0 Å². The van der Waals surface area contributed by atoms with Crippen molar-refractivity contribution in [3.63, 3.8) is 0 Å². The van der Waals surface area contributed by atoms with Gasteiger partial charge in [0.05, 0.1) is 25.8 Å². The molecule has 0 fully saturated rings. The summed E-state index contributed by atoms with van der Waals surface area (Å²) in [5, 5.41) is 0. The number of rotatable bonds is 6. The molecule has 0 unspecified atom stereocenters. The van der Waals surface area contributed by atoms with Crippen LogP contribution in [0.3, 0.4) is 0 Å². The zero-order chi connectivity index (χ0) is 13.7. The van der Waals surface area contributed by atoms with Crippen LogP contribution in [0.2, 0.25) is 0 Å². The first kappa shape index (κ1) is 15.1. The SMILES string of the molecule is COc1cc(C(OC)OC)c(Br)c(OC)c1OC. The number of hydrogen-bond donors (Lipinski definition) is 0. The van der Waals surface area contributed by atoms with Crippen LogP contribution in [0.4, 0.5) is 0 Å². The average molecular weight is 321 g/mol. The molecule has 1 aromatic carbocycles. The summed E-state index contributed by atoms with van der Waals surface area (Å²) in [6, 6.07) is 1.78. The third-order valence-corrected chi connectivity index (χ3v) is 3.30. The van der Waals surface area contributed by atoms with Crippen molar-refractivity contribution in [2.24, 2.45) is 0 Å². The Bertz CT molecular complexity index is 404.